The van der Waals surface area contributed by atoms with Crippen molar-refractivity contribution in [3.05, 3.63) is 69.8 Å². The van der Waals surface area contributed by atoms with Gasteiger partial charge >= 0.3 is 11.9 Å². The topological polar surface area (TPSA) is 74.6 Å². The lowest BCUT2D eigenvalue weighted by molar-refractivity contribution is -0.138. The minimum Gasteiger partial charge on any atom is -0.481 e. The Bertz CT molecular complexity index is 721. The standard InChI is InChI=1S/C19H20O4/c1-11-8-12(2)17(13(3)9-11)16(19(22)23)10-14-4-6-15(7-5-14)18(20)21/h4-9,16H,10H2,1-3H3,(H,20,21)(H,22,23). The lowest BCUT2D eigenvalue weighted by atomic mass is 9.85. The molecule has 0 aliphatic carbocycles. The molecule has 0 spiro atoms. The molecule has 120 valence electrons. The fourth-order valence-corrected chi connectivity index (χ4v) is 3.07. The van der Waals surface area contributed by atoms with Gasteiger partial charge in [-0.05, 0) is 61.6 Å². The van der Waals surface area contributed by atoms with Crippen molar-refractivity contribution >= 4 is 11.9 Å². The van der Waals surface area contributed by atoms with Crippen molar-refractivity contribution in [1.82, 2.24) is 0 Å². The van der Waals surface area contributed by atoms with Gasteiger partial charge in [-0.15, -0.1) is 0 Å². The number of carboxylic acids is 2. The minimum atomic E-state index is -0.989. The third kappa shape index (κ3) is 3.77. The first kappa shape index (κ1) is 16.7. The number of carboxylic acid groups (broad SMARTS) is 2. The monoisotopic (exact) mass is 312 g/mol. The van der Waals surface area contributed by atoms with Crippen molar-refractivity contribution in [2.75, 3.05) is 0 Å². The number of hydrogen-bond acceptors (Lipinski definition) is 2. The van der Waals surface area contributed by atoms with Crippen LogP contribution in [0.3, 0.4) is 0 Å². The molecule has 0 aromatic heterocycles. The first-order chi connectivity index (χ1) is 10.8. The number of carbonyl (C=O) groups is 2. The Kier molecular flexibility index (Phi) is 4.84. The number of aryl methyl sites for hydroxylation is 3. The third-order valence-corrected chi connectivity index (χ3v) is 4.03. The molecule has 0 bridgehead atoms. The maximum atomic E-state index is 11.8. The molecule has 0 amide bonds. The second-order valence-electron chi connectivity index (χ2n) is 5.91. The largest absolute Gasteiger partial charge is 0.481 e. The zero-order chi connectivity index (χ0) is 17.1. The van der Waals surface area contributed by atoms with Crippen molar-refractivity contribution in [2.24, 2.45) is 0 Å². The van der Waals surface area contributed by atoms with Crippen molar-refractivity contribution in [3.8, 4) is 0 Å². The second-order valence-corrected chi connectivity index (χ2v) is 5.91. The summed E-state index contributed by atoms with van der Waals surface area (Å²) in [6.07, 6.45) is 0.333. The van der Waals surface area contributed by atoms with E-state index < -0.39 is 17.9 Å². The molecule has 0 aliphatic heterocycles. The third-order valence-electron chi connectivity index (χ3n) is 4.03. The summed E-state index contributed by atoms with van der Waals surface area (Å²) < 4.78 is 0. The summed E-state index contributed by atoms with van der Waals surface area (Å²) in [6.45, 7) is 5.85. The van der Waals surface area contributed by atoms with E-state index in [0.29, 0.717) is 6.42 Å². The van der Waals surface area contributed by atoms with Gasteiger partial charge in [0.2, 0.25) is 0 Å². The molecule has 2 N–H and O–H groups in total. The second kappa shape index (κ2) is 6.65. The van der Waals surface area contributed by atoms with Crippen molar-refractivity contribution < 1.29 is 19.8 Å². The van der Waals surface area contributed by atoms with Gasteiger partial charge in [-0.1, -0.05) is 29.8 Å². The molecule has 0 fully saturated rings. The maximum absolute atomic E-state index is 11.8. The molecule has 23 heavy (non-hydrogen) atoms. The van der Waals surface area contributed by atoms with Crippen LogP contribution < -0.4 is 0 Å². The lowest BCUT2D eigenvalue weighted by Crippen LogP contribution is -2.17. The van der Waals surface area contributed by atoms with E-state index in [9.17, 15) is 14.7 Å². The zero-order valence-corrected chi connectivity index (χ0v) is 13.5. The average molecular weight is 312 g/mol. The summed E-state index contributed by atoms with van der Waals surface area (Å²) in [5.41, 5.74) is 4.89. The van der Waals surface area contributed by atoms with Gasteiger partial charge in [-0.2, -0.15) is 0 Å². The molecule has 4 heteroatoms. The number of aliphatic carboxylic acids is 1. The molecule has 2 rings (SSSR count). The first-order valence-electron chi connectivity index (χ1n) is 7.42. The Balaban J connectivity index is 2.37. The van der Waals surface area contributed by atoms with Gasteiger partial charge < -0.3 is 10.2 Å². The quantitative estimate of drug-likeness (QED) is 0.882. The van der Waals surface area contributed by atoms with Crippen molar-refractivity contribution in [1.29, 1.82) is 0 Å². The Morgan fingerprint density at radius 3 is 1.91 bits per heavy atom. The summed E-state index contributed by atoms with van der Waals surface area (Å²) in [7, 11) is 0. The predicted octanol–water partition coefficient (Wildman–Crippen LogP) is 3.72. The van der Waals surface area contributed by atoms with E-state index in [-0.39, 0.29) is 5.56 Å². The summed E-state index contributed by atoms with van der Waals surface area (Å²) in [4.78, 5) is 22.7. The zero-order valence-electron chi connectivity index (χ0n) is 13.5. The summed E-state index contributed by atoms with van der Waals surface area (Å²) in [6, 6.07) is 10.4. The summed E-state index contributed by atoms with van der Waals surface area (Å²) >= 11 is 0. The number of rotatable bonds is 5. The van der Waals surface area contributed by atoms with Gasteiger partial charge in [0.1, 0.15) is 0 Å². The van der Waals surface area contributed by atoms with Gasteiger partial charge in [0.05, 0.1) is 11.5 Å². The van der Waals surface area contributed by atoms with Crippen LogP contribution in [0.4, 0.5) is 0 Å². The Morgan fingerprint density at radius 2 is 1.48 bits per heavy atom. The number of benzene rings is 2. The average Bonchev–Trinajstić information content (AvgIpc) is 2.45. The van der Waals surface area contributed by atoms with Gasteiger partial charge in [-0.25, -0.2) is 4.79 Å². The van der Waals surface area contributed by atoms with Gasteiger partial charge in [-0.3, -0.25) is 4.79 Å². The van der Waals surface area contributed by atoms with Crippen LogP contribution in [0.15, 0.2) is 36.4 Å². The molecule has 1 unspecified atom stereocenters. The molecule has 0 heterocycles. The Labute approximate surface area is 135 Å². The van der Waals surface area contributed by atoms with E-state index in [0.717, 1.165) is 27.8 Å². The van der Waals surface area contributed by atoms with Gasteiger partial charge in [0, 0.05) is 0 Å². The first-order valence-corrected chi connectivity index (χ1v) is 7.42. The van der Waals surface area contributed by atoms with Crippen LogP contribution in [0.1, 0.15) is 44.1 Å². The molecular formula is C19H20O4. The molecule has 0 saturated carbocycles. The van der Waals surface area contributed by atoms with E-state index in [1.165, 1.54) is 12.1 Å². The number of hydrogen-bond donors (Lipinski definition) is 2. The molecule has 2 aromatic carbocycles. The van der Waals surface area contributed by atoms with E-state index in [1.807, 2.05) is 32.9 Å². The van der Waals surface area contributed by atoms with Gasteiger partial charge in [0.25, 0.3) is 0 Å². The van der Waals surface area contributed by atoms with Crippen LogP contribution in [0.25, 0.3) is 0 Å². The van der Waals surface area contributed by atoms with Gasteiger partial charge in [0.15, 0.2) is 0 Å². The SMILES string of the molecule is Cc1cc(C)c(C(Cc2ccc(C(=O)O)cc2)C(=O)O)c(C)c1. The van der Waals surface area contributed by atoms with Crippen LogP contribution in [-0.4, -0.2) is 22.2 Å². The fraction of sp³-hybridized carbons (Fsp3) is 0.263. The Morgan fingerprint density at radius 1 is 0.957 bits per heavy atom. The highest BCUT2D eigenvalue weighted by Gasteiger charge is 2.24. The molecule has 0 saturated heterocycles. The normalized spacial score (nSPS) is 12.0. The number of aromatic carboxylic acids is 1. The van der Waals surface area contributed by atoms with E-state index in [4.69, 9.17) is 5.11 Å². The molecule has 4 nitrogen and oxygen atoms in total. The van der Waals surface area contributed by atoms with E-state index in [2.05, 4.69) is 0 Å². The molecule has 1 atom stereocenters. The molecule has 0 radical (unpaired) electrons. The minimum absolute atomic E-state index is 0.198. The highest BCUT2D eigenvalue weighted by atomic mass is 16.4. The lowest BCUT2D eigenvalue weighted by Gasteiger charge is -2.19. The van der Waals surface area contributed by atoms with Crippen LogP contribution in [-0.2, 0) is 11.2 Å². The summed E-state index contributed by atoms with van der Waals surface area (Å²) in [5, 5.41) is 18.6. The van der Waals surface area contributed by atoms with Crippen LogP contribution in [0.2, 0.25) is 0 Å². The smallest absolute Gasteiger partial charge is 0.335 e. The Hall–Kier alpha value is -2.62. The molecular weight excluding hydrogens is 292 g/mol. The maximum Gasteiger partial charge on any atom is 0.335 e. The highest BCUT2D eigenvalue weighted by molar-refractivity contribution is 5.87. The van der Waals surface area contributed by atoms with Crippen LogP contribution in [0, 0.1) is 20.8 Å². The van der Waals surface area contributed by atoms with Crippen molar-refractivity contribution in [3.63, 3.8) is 0 Å². The van der Waals surface area contributed by atoms with E-state index >= 15 is 0 Å². The van der Waals surface area contributed by atoms with E-state index in [1.54, 1.807) is 12.1 Å². The van der Waals surface area contributed by atoms with Crippen LogP contribution in [0.5, 0.6) is 0 Å². The molecule has 2 aromatic rings. The van der Waals surface area contributed by atoms with Crippen molar-refractivity contribution in [2.45, 2.75) is 33.1 Å². The molecule has 0 aliphatic rings. The van der Waals surface area contributed by atoms with Crippen LogP contribution >= 0.6 is 0 Å². The summed E-state index contributed by atoms with van der Waals surface area (Å²) in [5.74, 6) is -2.51. The fourth-order valence-electron chi connectivity index (χ4n) is 3.07. The highest BCUT2D eigenvalue weighted by Crippen LogP contribution is 2.28. The predicted molar refractivity (Wildman–Crippen MR) is 88.1 cm³/mol.